The normalized spacial score (nSPS) is 8.88. The lowest BCUT2D eigenvalue weighted by atomic mass is 10.2. The number of nitrogen functional groups attached to an aromatic ring is 1. The second-order valence-electron chi connectivity index (χ2n) is 2.59. The Balaban J connectivity index is 0.000000509. The molecule has 1 aromatic carbocycles. The van der Waals surface area contributed by atoms with Crippen LogP contribution in [-0.2, 0) is 0 Å². The first-order valence-electron chi connectivity index (χ1n) is 5.49. The van der Waals surface area contributed by atoms with Crippen molar-refractivity contribution < 1.29 is 4.39 Å². The van der Waals surface area contributed by atoms with Crippen LogP contribution in [0.15, 0.2) is 12.1 Å². The molecule has 0 aliphatic carbocycles. The van der Waals surface area contributed by atoms with Crippen LogP contribution >= 0.6 is 11.3 Å². The van der Waals surface area contributed by atoms with Crippen molar-refractivity contribution in [3.8, 4) is 0 Å². The third-order valence-corrected chi connectivity index (χ3v) is 2.61. The second-order valence-corrected chi connectivity index (χ2v) is 3.62. The van der Waals surface area contributed by atoms with Crippen LogP contribution < -0.4 is 5.73 Å². The van der Waals surface area contributed by atoms with Gasteiger partial charge in [-0.15, -0.1) is 0 Å². The Kier molecular flexibility index (Phi) is 6.65. The first-order chi connectivity index (χ1) is 7.68. The van der Waals surface area contributed by atoms with E-state index < -0.39 is 0 Å². The Morgan fingerprint density at radius 3 is 2.25 bits per heavy atom. The van der Waals surface area contributed by atoms with E-state index in [1.165, 1.54) is 17.4 Å². The van der Waals surface area contributed by atoms with Gasteiger partial charge in [-0.2, -0.15) is 0 Å². The van der Waals surface area contributed by atoms with Crippen molar-refractivity contribution in [2.24, 2.45) is 0 Å². The summed E-state index contributed by atoms with van der Waals surface area (Å²) in [4.78, 5) is 4.03. The molecule has 0 aliphatic heterocycles. The molecule has 0 unspecified atom stereocenters. The molecule has 0 saturated heterocycles. The summed E-state index contributed by atoms with van der Waals surface area (Å²) < 4.78 is 13.6. The molecule has 1 aromatic heterocycles. The Hall–Kier alpha value is -1.16. The highest BCUT2D eigenvalue weighted by Crippen LogP contribution is 2.28. The van der Waals surface area contributed by atoms with Crippen LogP contribution in [0.4, 0.5) is 9.52 Å². The second kappa shape index (κ2) is 7.17. The molecule has 2 N–H and O–H groups in total. The Morgan fingerprint density at radius 2 is 1.75 bits per heavy atom. The minimum absolute atomic E-state index is 0.246. The lowest BCUT2D eigenvalue weighted by molar-refractivity contribution is 0.641. The Morgan fingerprint density at radius 1 is 1.19 bits per heavy atom. The molecule has 0 spiro atoms. The summed E-state index contributed by atoms with van der Waals surface area (Å²) in [5.41, 5.74) is 7.11. The van der Waals surface area contributed by atoms with Crippen molar-refractivity contribution in [2.45, 2.75) is 34.6 Å². The van der Waals surface area contributed by atoms with Crippen LogP contribution in [0, 0.1) is 12.7 Å². The number of rotatable bonds is 0. The van der Waals surface area contributed by atoms with E-state index >= 15 is 0 Å². The predicted molar refractivity (Wildman–Crippen MR) is 71.4 cm³/mol. The van der Waals surface area contributed by atoms with E-state index in [1.54, 1.807) is 6.07 Å². The Labute approximate surface area is 100 Å². The summed E-state index contributed by atoms with van der Waals surface area (Å²) in [6, 6.07) is 3.14. The molecular formula is C12H19FN2S. The van der Waals surface area contributed by atoms with Gasteiger partial charge in [0, 0.05) is 0 Å². The molecule has 90 valence electrons. The SMILES string of the molecule is CC.CC.Cc1ccc(F)c2sc(N)nc12. The standard InChI is InChI=1S/C8H7FN2S.2C2H6/c1-4-2-3-5(9)7-6(4)11-8(10)12-7;2*1-2/h2-3H,1H3,(H2,10,11);2*1-2H3. The zero-order valence-corrected chi connectivity index (χ0v) is 11.3. The van der Waals surface area contributed by atoms with E-state index in [0.717, 1.165) is 5.56 Å². The van der Waals surface area contributed by atoms with Gasteiger partial charge in [0.15, 0.2) is 5.13 Å². The molecule has 2 nitrogen and oxygen atoms in total. The zero-order chi connectivity index (χ0) is 12.7. The van der Waals surface area contributed by atoms with E-state index in [-0.39, 0.29) is 5.82 Å². The molecule has 2 rings (SSSR count). The van der Waals surface area contributed by atoms with Gasteiger partial charge < -0.3 is 5.73 Å². The summed E-state index contributed by atoms with van der Waals surface area (Å²) in [5, 5.41) is 0.415. The summed E-state index contributed by atoms with van der Waals surface area (Å²) in [7, 11) is 0. The van der Waals surface area contributed by atoms with Gasteiger partial charge in [0.2, 0.25) is 0 Å². The molecule has 4 heteroatoms. The van der Waals surface area contributed by atoms with Gasteiger partial charge in [-0.1, -0.05) is 45.1 Å². The summed E-state index contributed by atoms with van der Waals surface area (Å²) in [6.07, 6.45) is 0. The number of hydrogen-bond donors (Lipinski definition) is 1. The molecular weight excluding hydrogens is 223 g/mol. The molecule has 0 atom stereocenters. The van der Waals surface area contributed by atoms with Gasteiger partial charge in [-0.05, 0) is 18.6 Å². The first-order valence-corrected chi connectivity index (χ1v) is 6.31. The highest BCUT2D eigenvalue weighted by molar-refractivity contribution is 7.22. The van der Waals surface area contributed by atoms with Crippen LogP contribution in [-0.4, -0.2) is 4.98 Å². The maximum atomic E-state index is 13.1. The number of aromatic nitrogens is 1. The van der Waals surface area contributed by atoms with Crippen molar-refractivity contribution >= 4 is 26.7 Å². The molecule has 0 bridgehead atoms. The highest BCUT2D eigenvalue weighted by Gasteiger charge is 2.07. The minimum atomic E-state index is -0.246. The van der Waals surface area contributed by atoms with Crippen molar-refractivity contribution in [3.63, 3.8) is 0 Å². The Bertz CT molecular complexity index is 399. The third kappa shape index (κ3) is 3.17. The molecule has 0 fully saturated rings. The van der Waals surface area contributed by atoms with Crippen molar-refractivity contribution in [3.05, 3.63) is 23.5 Å². The number of benzene rings is 1. The number of thiazole rings is 1. The van der Waals surface area contributed by atoms with Crippen LogP contribution in [0.2, 0.25) is 0 Å². The zero-order valence-electron chi connectivity index (χ0n) is 10.5. The average molecular weight is 242 g/mol. The fourth-order valence-corrected chi connectivity index (χ4v) is 1.93. The molecule has 0 radical (unpaired) electrons. The quantitative estimate of drug-likeness (QED) is 0.744. The molecule has 0 saturated carbocycles. The number of anilines is 1. The number of fused-ring (bicyclic) bond motifs is 1. The summed E-state index contributed by atoms with van der Waals surface area (Å²) in [5.74, 6) is -0.246. The fraction of sp³-hybridized carbons (Fsp3) is 0.417. The molecule has 1 heterocycles. The third-order valence-electron chi connectivity index (χ3n) is 1.71. The molecule has 16 heavy (non-hydrogen) atoms. The van der Waals surface area contributed by atoms with E-state index in [0.29, 0.717) is 15.3 Å². The van der Waals surface area contributed by atoms with E-state index in [9.17, 15) is 4.39 Å². The smallest absolute Gasteiger partial charge is 0.181 e. The topological polar surface area (TPSA) is 38.9 Å². The summed E-state index contributed by atoms with van der Waals surface area (Å²) >= 11 is 1.18. The van der Waals surface area contributed by atoms with Gasteiger partial charge in [0.05, 0.1) is 10.2 Å². The fourth-order valence-electron chi connectivity index (χ4n) is 1.12. The monoisotopic (exact) mass is 242 g/mol. The van der Waals surface area contributed by atoms with Crippen molar-refractivity contribution in [1.29, 1.82) is 0 Å². The highest BCUT2D eigenvalue weighted by atomic mass is 32.1. The van der Waals surface area contributed by atoms with Crippen molar-refractivity contribution in [1.82, 2.24) is 4.98 Å². The maximum absolute atomic E-state index is 13.1. The van der Waals surface area contributed by atoms with Crippen LogP contribution in [0.3, 0.4) is 0 Å². The number of halogens is 1. The van der Waals surface area contributed by atoms with Gasteiger partial charge >= 0.3 is 0 Å². The van der Waals surface area contributed by atoms with E-state index in [2.05, 4.69) is 4.98 Å². The lowest BCUT2D eigenvalue weighted by Crippen LogP contribution is -1.82. The maximum Gasteiger partial charge on any atom is 0.181 e. The minimum Gasteiger partial charge on any atom is -0.375 e. The van der Waals surface area contributed by atoms with Crippen LogP contribution in [0.25, 0.3) is 10.2 Å². The number of hydrogen-bond acceptors (Lipinski definition) is 3. The number of aryl methyl sites for hydroxylation is 1. The number of nitrogens with zero attached hydrogens (tertiary/aromatic N) is 1. The largest absolute Gasteiger partial charge is 0.375 e. The summed E-state index contributed by atoms with van der Waals surface area (Å²) in [6.45, 7) is 9.89. The van der Waals surface area contributed by atoms with Gasteiger partial charge in [-0.25, -0.2) is 9.37 Å². The van der Waals surface area contributed by atoms with Crippen LogP contribution in [0.5, 0.6) is 0 Å². The average Bonchev–Trinajstić information content (AvgIpc) is 2.72. The predicted octanol–water partition coefficient (Wildman–Crippen LogP) is 4.38. The van der Waals surface area contributed by atoms with Gasteiger partial charge in [0.25, 0.3) is 0 Å². The number of nitrogens with two attached hydrogens (primary N) is 1. The van der Waals surface area contributed by atoms with Gasteiger partial charge in [-0.3, -0.25) is 0 Å². The molecule has 2 aromatic rings. The molecule has 0 amide bonds. The van der Waals surface area contributed by atoms with Crippen LogP contribution in [0.1, 0.15) is 33.3 Å². The first kappa shape index (κ1) is 14.8. The molecule has 0 aliphatic rings. The van der Waals surface area contributed by atoms with E-state index in [1.807, 2.05) is 34.6 Å². The van der Waals surface area contributed by atoms with Crippen molar-refractivity contribution in [2.75, 3.05) is 5.73 Å². The van der Waals surface area contributed by atoms with E-state index in [4.69, 9.17) is 5.73 Å². The lowest BCUT2D eigenvalue weighted by Gasteiger charge is -1.93. The van der Waals surface area contributed by atoms with Gasteiger partial charge in [0.1, 0.15) is 5.82 Å².